The summed E-state index contributed by atoms with van der Waals surface area (Å²) in [6.45, 7) is 2.94. The van der Waals surface area contributed by atoms with Crippen LogP contribution >= 0.6 is 11.6 Å². The summed E-state index contributed by atoms with van der Waals surface area (Å²) < 4.78 is 32.1. The molecule has 0 saturated carbocycles. The lowest BCUT2D eigenvalue weighted by Crippen LogP contribution is -2.41. The monoisotopic (exact) mass is 439 g/mol. The van der Waals surface area contributed by atoms with Gasteiger partial charge < -0.3 is 20.5 Å². The first-order valence-electron chi connectivity index (χ1n) is 9.01. The van der Waals surface area contributed by atoms with Crippen molar-refractivity contribution in [2.45, 2.75) is 18.0 Å². The molecule has 29 heavy (non-hydrogen) atoms. The van der Waals surface area contributed by atoms with Gasteiger partial charge in [0.15, 0.2) is 0 Å². The molecule has 0 aliphatic carbocycles. The number of nitrogens with one attached hydrogen (secondary N) is 2. The van der Waals surface area contributed by atoms with Crippen molar-refractivity contribution in [3.8, 4) is 5.75 Å². The molecule has 8 nitrogen and oxygen atoms in total. The highest BCUT2D eigenvalue weighted by atomic mass is 35.5. The molecule has 156 valence electrons. The van der Waals surface area contributed by atoms with Gasteiger partial charge >= 0.3 is 0 Å². The Bertz CT molecular complexity index is 993. The van der Waals surface area contributed by atoms with Gasteiger partial charge in [0, 0.05) is 23.7 Å². The minimum Gasteiger partial charge on any atom is -0.506 e. The average Bonchev–Trinajstić information content (AvgIpc) is 2.71. The highest BCUT2D eigenvalue weighted by Gasteiger charge is 2.27. The number of benzene rings is 2. The molecular weight excluding hydrogens is 418 g/mol. The van der Waals surface area contributed by atoms with Crippen molar-refractivity contribution in [3.05, 3.63) is 53.1 Å². The molecule has 3 rings (SSSR count). The van der Waals surface area contributed by atoms with E-state index in [0.717, 1.165) is 0 Å². The summed E-state index contributed by atoms with van der Waals surface area (Å²) in [6.07, 6.45) is -0.550. The molecule has 10 heteroatoms. The van der Waals surface area contributed by atoms with Crippen molar-refractivity contribution >= 4 is 33.2 Å². The summed E-state index contributed by atoms with van der Waals surface area (Å²) >= 11 is 5.92. The lowest BCUT2D eigenvalue weighted by molar-refractivity contribution is 0.0730. The Hall–Kier alpha value is -2.33. The number of ether oxygens (including phenoxy) is 1. The molecule has 1 saturated heterocycles. The van der Waals surface area contributed by atoms with Crippen LogP contribution < -0.4 is 10.6 Å². The molecule has 0 aromatic heterocycles. The predicted molar refractivity (Wildman–Crippen MR) is 110 cm³/mol. The van der Waals surface area contributed by atoms with E-state index in [0.29, 0.717) is 23.9 Å². The number of sulfonamides is 1. The van der Waals surface area contributed by atoms with E-state index in [1.54, 1.807) is 13.0 Å². The van der Waals surface area contributed by atoms with Crippen LogP contribution in [-0.4, -0.2) is 56.2 Å². The minimum absolute atomic E-state index is 0.00546. The Morgan fingerprint density at radius 1 is 1.21 bits per heavy atom. The second-order valence-corrected chi connectivity index (χ2v) is 8.92. The van der Waals surface area contributed by atoms with E-state index in [4.69, 9.17) is 16.3 Å². The maximum absolute atomic E-state index is 12.8. The number of hydrogen-bond donors (Lipinski definition) is 3. The highest BCUT2D eigenvalue weighted by molar-refractivity contribution is 7.89. The average molecular weight is 440 g/mol. The van der Waals surface area contributed by atoms with Crippen molar-refractivity contribution in [1.29, 1.82) is 0 Å². The summed E-state index contributed by atoms with van der Waals surface area (Å²) in [5, 5.41) is 16.0. The smallest absolute Gasteiger partial charge is 0.252 e. The molecule has 1 aliphatic rings. The van der Waals surface area contributed by atoms with Crippen molar-refractivity contribution in [2.75, 3.05) is 31.6 Å². The standard InChI is InChI=1S/C19H22ClN3O5S/c1-13(21-17-12-15(20)5-6-18(17)24)22-19(25)14-3-2-4-16(11-14)29(26,27)23-7-9-28-10-8-23/h2-6,11-13,21,24H,7-10H2,1H3,(H,22,25). The number of nitrogens with zero attached hydrogens (tertiary/aromatic N) is 1. The lowest BCUT2D eigenvalue weighted by atomic mass is 10.2. The van der Waals surface area contributed by atoms with E-state index in [-0.39, 0.29) is 29.3 Å². The number of morpholine rings is 1. The fourth-order valence-corrected chi connectivity index (χ4v) is 4.53. The van der Waals surface area contributed by atoms with Crippen LogP contribution in [0.5, 0.6) is 5.75 Å². The number of amides is 1. The SMILES string of the molecule is CC(NC(=O)c1cccc(S(=O)(=O)N2CCOCC2)c1)Nc1cc(Cl)ccc1O. The maximum atomic E-state index is 12.8. The van der Waals surface area contributed by atoms with E-state index >= 15 is 0 Å². The third-order valence-corrected chi connectivity index (χ3v) is 6.51. The molecule has 1 fully saturated rings. The van der Waals surface area contributed by atoms with E-state index in [9.17, 15) is 18.3 Å². The molecule has 1 atom stereocenters. The Morgan fingerprint density at radius 3 is 2.66 bits per heavy atom. The van der Waals surface area contributed by atoms with Gasteiger partial charge in [-0.3, -0.25) is 4.79 Å². The molecule has 1 amide bonds. The number of anilines is 1. The molecule has 1 heterocycles. The Balaban J connectivity index is 1.71. The van der Waals surface area contributed by atoms with Gasteiger partial charge in [0.05, 0.1) is 30.0 Å². The summed E-state index contributed by atoms with van der Waals surface area (Å²) in [5.41, 5.74) is 0.581. The zero-order chi connectivity index (χ0) is 21.0. The van der Waals surface area contributed by atoms with Crippen LogP contribution in [0.2, 0.25) is 5.02 Å². The predicted octanol–water partition coefficient (Wildman–Crippen LogP) is 2.25. The second kappa shape index (κ2) is 9.00. The van der Waals surface area contributed by atoms with Crippen LogP contribution in [0, 0.1) is 0 Å². The molecule has 0 spiro atoms. The molecule has 2 aromatic rings. The molecule has 1 aliphatic heterocycles. The number of phenols is 1. The lowest BCUT2D eigenvalue weighted by Gasteiger charge is -2.26. The zero-order valence-corrected chi connectivity index (χ0v) is 17.3. The zero-order valence-electron chi connectivity index (χ0n) is 15.8. The Kier molecular flexibility index (Phi) is 6.63. The third-order valence-electron chi connectivity index (χ3n) is 4.38. The van der Waals surface area contributed by atoms with Crippen LogP contribution in [0.25, 0.3) is 0 Å². The maximum Gasteiger partial charge on any atom is 0.252 e. The first kappa shape index (κ1) is 21.4. The summed E-state index contributed by atoms with van der Waals surface area (Å²) in [4.78, 5) is 12.6. The summed E-state index contributed by atoms with van der Waals surface area (Å²) in [5.74, 6) is -0.459. The fourth-order valence-electron chi connectivity index (χ4n) is 2.91. The van der Waals surface area contributed by atoms with Crippen molar-refractivity contribution in [3.63, 3.8) is 0 Å². The summed E-state index contributed by atoms with van der Waals surface area (Å²) in [6, 6.07) is 10.4. The van der Waals surface area contributed by atoms with Gasteiger partial charge in [0.1, 0.15) is 5.75 Å². The van der Waals surface area contributed by atoms with Gasteiger partial charge in [-0.05, 0) is 43.3 Å². The highest BCUT2D eigenvalue weighted by Crippen LogP contribution is 2.27. The van der Waals surface area contributed by atoms with Crippen LogP contribution in [0.15, 0.2) is 47.4 Å². The van der Waals surface area contributed by atoms with Crippen LogP contribution in [0.3, 0.4) is 0 Å². The topological polar surface area (TPSA) is 108 Å². The van der Waals surface area contributed by atoms with Gasteiger partial charge in [-0.1, -0.05) is 17.7 Å². The second-order valence-electron chi connectivity index (χ2n) is 6.55. The minimum atomic E-state index is -3.70. The molecule has 0 bridgehead atoms. The number of halogens is 1. The van der Waals surface area contributed by atoms with Gasteiger partial charge in [0.2, 0.25) is 10.0 Å². The largest absolute Gasteiger partial charge is 0.506 e. The first-order chi connectivity index (χ1) is 13.8. The number of rotatable bonds is 6. The number of carbonyl (C=O) groups is 1. The molecule has 0 radical (unpaired) electrons. The van der Waals surface area contributed by atoms with Crippen molar-refractivity contribution in [2.24, 2.45) is 0 Å². The van der Waals surface area contributed by atoms with Gasteiger partial charge in [0.25, 0.3) is 5.91 Å². The molecule has 3 N–H and O–H groups in total. The van der Waals surface area contributed by atoms with Crippen LogP contribution in [0.1, 0.15) is 17.3 Å². The van der Waals surface area contributed by atoms with Gasteiger partial charge in [-0.2, -0.15) is 4.31 Å². The molecular formula is C19H22ClN3O5S. The Labute approximate surface area is 174 Å². The number of hydrogen-bond acceptors (Lipinski definition) is 6. The van der Waals surface area contributed by atoms with Crippen LogP contribution in [-0.2, 0) is 14.8 Å². The van der Waals surface area contributed by atoms with E-state index in [1.165, 1.54) is 40.7 Å². The van der Waals surface area contributed by atoms with Gasteiger partial charge in [-0.15, -0.1) is 0 Å². The first-order valence-corrected chi connectivity index (χ1v) is 10.8. The summed E-state index contributed by atoms with van der Waals surface area (Å²) in [7, 11) is -3.70. The van der Waals surface area contributed by atoms with E-state index < -0.39 is 22.1 Å². The van der Waals surface area contributed by atoms with Crippen molar-refractivity contribution in [1.82, 2.24) is 9.62 Å². The number of carbonyl (C=O) groups excluding carboxylic acids is 1. The van der Waals surface area contributed by atoms with Crippen molar-refractivity contribution < 1.29 is 23.1 Å². The quantitative estimate of drug-likeness (QED) is 0.470. The normalized spacial score (nSPS) is 16.2. The third kappa shape index (κ3) is 5.18. The van der Waals surface area contributed by atoms with Crippen LogP contribution in [0.4, 0.5) is 5.69 Å². The fraction of sp³-hybridized carbons (Fsp3) is 0.316. The van der Waals surface area contributed by atoms with E-state index in [2.05, 4.69) is 10.6 Å². The van der Waals surface area contributed by atoms with E-state index in [1.807, 2.05) is 0 Å². The van der Waals surface area contributed by atoms with Gasteiger partial charge in [-0.25, -0.2) is 8.42 Å². The Morgan fingerprint density at radius 2 is 1.93 bits per heavy atom. The number of aromatic hydroxyl groups is 1. The molecule has 2 aromatic carbocycles. The molecule has 1 unspecified atom stereocenters. The number of phenolic OH excluding ortho intramolecular Hbond substituents is 1.